The molecule has 0 saturated heterocycles. The Hall–Kier alpha value is -3.59. The summed E-state index contributed by atoms with van der Waals surface area (Å²) in [6.07, 6.45) is 1.21. The average Bonchev–Trinajstić information content (AvgIpc) is 3.25. The second kappa shape index (κ2) is 10.1. The van der Waals surface area contributed by atoms with Crippen molar-refractivity contribution in [2.45, 2.75) is 17.2 Å². The molecule has 2 aromatic carbocycles. The first-order chi connectivity index (χ1) is 15.3. The molecular weight excluding hydrogens is 434 g/mol. The molecule has 0 spiro atoms. The van der Waals surface area contributed by atoms with Gasteiger partial charge in [-0.05, 0) is 24.3 Å². The molecule has 1 aromatic heterocycles. The lowest BCUT2D eigenvalue weighted by molar-refractivity contribution is -0.133. The van der Waals surface area contributed by atoms with Gasteiger partial charge in [-0.2, -0.15) is 0 Å². The van der Waals surface area contributed by atoms with Crippen molar-refractivity contribution in [1.82, 2.24) is 4.90 Å². The molecule has 9 heteroatoms. The van der Waals surface area contributed by atoms with E-state index in [1.165, 1.54) is 29.4 Å². The number of sulfone groups is 1. The van der Waals surface area contributed by atoms with Gasteiger partial charge in [-0.3, -0.25) is 4.79 Å². The lowest BCUT2D eigenvalue weighted by Crippen LogP contribution is -2.31. The Morgan fingerprint density at radius 1 is 0.969 bits per heavy atom. The van der Waals surface area contributed by atoms with Crippen molar-refractivity contribution in [2.24, 2.45) is 0 Å². The topological polar surface area (TPSA) is 103 Å². The van der Waals surface area contributed by atoms with E-state index < -0.39 is 34.1 Å². The summed E-state index contributed by atoms with van der Waals surface area (Å²) in [7, 11) is -0.560. The molecule has 0 N–H and O–H groups in total. The number of nitrogens with zero attached hydrogens (tertiary/aromatic N) is 1. The standard InChI is InChI=1S/C23H23NO7S/c1-24(14-17-8-6-7-11-20(17)29-2)21(25)15-31-23(26)22-18(12-13-30-22)16-32(27,28)19-9-4-3-5-10-19/h3-13H,14-16H2,1-2H3. The molecule has 0 fully saturated rings. The molecule has 8 nitrogen and oxygen atoms in total. The van der Waals surface area contributed by atoms with E-state index >= 15 is 0 Å². The molecular formula is C23H23NO7S. The molecule has 0 aliphatic heterocycles. The quantitative estimate of drug-likeness (QED) is 0.455. The number of hydrogen-bond acceptors (Lipinski definition) is 7. The van der Waals surface area contributed by atoms with Crippen LogP contribution in [0.5, 0.6) is 5.75 Å². The fourth-order valence-corrected chi connectivity index (χ4v) is 4.40. The Balaban J connectivity index is 1.61. The van der Waals surface area contributed by atoms with Crippen LogP contribution in [0.3, 0.4) is 0 Å². The summed E-state index contributed by atoms with van der Waals surface area (Å²) in [6, 6.07) is 16.6. The van der Waals surface area contributed by atoms with Gasteiger partial charge in [0.05, 0.1) is 24.0 Å². The van der Waals surface area contributed by atoms with Crippen LogP contribution in [0, 0.1) is 0 Å². The molecule has 1 amide bonds. The summed E-state index contributed by atoms with van der Waals surface area (Å²) in [5.74, 6) is -1.38. The second-order valence-corrected chi connectivity index (χ2v) is 8.97. The van der Waals surface area contributed by atoms with E-state index in [0.29, 0.717) is 5.75 Å². The SMILES string of the molecule is COc1ccccc1CN(C)C(=O)COC(=O)c1occc1CS(=O)(=O)c1ccccc1. The molecule has 168 valence electrons. The van der Waals surface area contributed by atoms with Crippen molar-refractivity contribution in [2.75, 3.05) is 20.8 Å². The van der Waals surface area contributed by atoms with Crippen molar-refractivity contribution in [3.05, 3.63) is 83.8 Å². The number of ether oxygens (including phenoxy) is 2. The highest BCUT2D eigenvalue weighted by molar-refractivity contribution is 7.90. The van der Waals surface area contributed by atoms with Crippen LogP contribution in [-0.2, 0) is 31.7 Å². The number of carbonyl (C=O) groups is 2. The van der Waals surface area contributed by atoms with E-state index in [0.717, 1.165) is 5.56 Å². The number of likely N-dealkylation sites (N-methyl/N-ethyl adjacent to an activating group) is 1. The van der Waals surface area contributed by atoms with Crippen molar-refractivity contribution in [1.29, 1.82) is 0 Å². The molecule has 0 aliphatic rings. The number of rotatable bonds is 9. The third kappa shape index (κ3) is 5.55. The maximum absolute atomic E-state index is 12.6. The maximum Gasteiger partial charge on any atom is 0.375 e. The Labute approximate surface area is 186 Å². The first-order valence-corrected chi connectivity index (χ1v) is 11.3. The van der Waals surface area contributed by atoms with Crippen LogP contribution in [0.2, 0.25) is 0 Å². The first kappa shape index (κ1) is 23.1. The average molecular weight is 458 g/mol. The van der Waals surface area contributed by atoms with Gasteiger partial charge in [0.2, 0.25) is 5.76 Å². The monoisotopic (exact) mass is 457 g/mol. The predicted molar refractivity (Wildman–Crippen MR) is 116 cm³/mol. The molecule has 0 bridgehead atoms. The van der Waals surface area contributed by atoms with Crippen LogP contribution in [0.25, 0.3) is 0 Å². The van der Waals surface area contributed by atoms with Gasteiger partial charge in [0.1, 0.15) is 5.75 Å². The van der Waals surface area contributed by atoms with E-state index in [9.17, 15) is 18.0 Å². The van der Waals surface area contributed by atoms with Gasteiger partial charge in [-0.15, -0.1) is 0 Å². The minimum Gasteiger partial charge on any atom is -0.496 e. The Bertz CT molecular complexity index is 1190. The van der Waals surface area contributed by atoms with Crippen molar-refractivity contribution in [3.63, 3.8) is 0 Å². The molecule has 0 aliphatic carbocycles. The molecule has 32 heavy (non-hydrogen) atoms. The highest BCUT2D eigenvalue weighted by Crippen LogP contribution is 2.21. The second-order valence-electron chi connectivity index (χ2n) is 6.98. The van der Waals surface area contributed by atoms with Gasteiger partial charge >= 0.3 is 5.97 Å². The Morgan fingerprint density at radius 3 is 2.38 bits per heavy atom. The molecule has 0 unspecified atom stereocenters. The highest BCUT2D eigenvalue weighted by Gasteiger charge is 2.24. The zero-order chi connectivity index (χ0) is 23.1. The number of para-hydroxylation sites is 1. The van der Waals surface area contributed by atoms with Crippen LogP contribution in [0.4, 0.5) is 0 Å². The van der Waals surface area contributed by atoms with Crippen molar-refractivity contribution in [3.8, 4) is 5.75 Å². The first-order valence-electron chi connectivity index (χ1n) is 9.69. The number of benzene rings is 2. The minimum absolute atomic E-state index is 0.133. The van der Waals surface area contributed by atoms with Gasteiger partial charge in [-0.1, -0.05) is 36.4 Å². The Morgan fingerprint density at radius 2 is 1.66 bits per heavy atom. The fraction of sp³-hybridized carbons (Fsp3) is 0.217. The molecule has 0 saturated carbocycles. The lowest BCUT2D eigenvalue weighted by Gasteiger charge is -2.18. The normalized spacial score (nSPS) is 11.1. The zero-order valence-corrected chi connectivity index (χ0v) is 18.5. The number of esters is 1. The van der Waals surface area contributed by atoms with Crippen LogP contribution in [-0.4, -0.2) is 46.0 Å². The van der Waals surface area contributed by atoms with E-state index in [4.69, 9.17) is 13.9 Å². The van der Waals surface area contributed by atoms with Crippen LogP contribution in [0.15, 0.2) is 76.2 Å². The van der Waals surface area contributed by atoms with Gasteiger partial charge in [0.15, 0.2) is 16.4 Å². The summed E-state index contributed by atoms with van der Waals surface area (Å²) in [5.41, 5.74) is 0.963. The summed E-state index contributed by atoms with van der Waals surface area (Å²) in [6.45, 7) is -0.252. The maximum atomic E-state index is 12.6. The van der Waals surface area contributed by atoms with Gasteiger partial charge in [-0.25, -0.2) is 13.2 Å². The minimum atomic E-state index is -3.68. The number of methoxy groups -OCH3 is 1. The summed E-state index contributed by atoms with van der Waals surface area (Å²) >= 11 is 0. The zero-order valence-electron chi connectivity index (χ0n) is 17.7. The van der Waals surface area contributed by atoms with E-state index in [1.807, 2.05) is 18.2 Å². The van der Waals surface area contributed by atoms with Crippen molar-refractivity contribution >= 4 is 21.7 Å². The Kier molecular flexibility index (Phi) is 7.32. The van der Waals surface area contributed by atoms with E-state index in [2.05, 4.69) is 0 Å². The summed E-state index contributed by atoms with van der Waals surface area (Å²) in [5, 5.41) is 0. The molecule has 0 radical (unpaired) electrons. The summed E-state index contributed by atoms with van der Waals surface area (Å²) in [4.78, 5) is 26.4. The number of furan rings is 1. The van der Waals surface area contributed by atoms with Crippen molar-refractivity contribution < 1.29 is 31.9 Å². The number of carbonyl (C=O) groups excluding carboxylic acids is 2. The molecule has 1 heterocycles. The molecule has 3 rings (SSSR count). The summed E-state index contributed by atoms with van der Waals surface area (Å²) < 4.78 is 40.7. The van der Waals surface area contributed by atoms with E-state index in [1.54, 1.807) is 38.4 Å². The van der Waals surface area contributed by atoms with E-state index in [-0.39, 0.29) is 22.8 Å². The third-order valence-electron chi connectivity index (χ3n) is 4.73. The smallest absolute Gasteiger partial charge is 0.375 e. The number of hydrogen-bond donors (Lipinski definition) is 0. The van der Waals surface area contributed by atoms with Crippen LogP contribution in [0.1, 0.15) is 21.7 Å². The van der Waals surface area contributed by atoms with Crippen LogP contribution < -0.4 is 4.74 Å². The third-order valence-corrected chi connectivity index (χ3v) is 6.41. The predicted octanol–water partition coefficient (Wildman–Crippen LogP) is 3.08. The lowest BCUT2D eigenvalue weighted by atomic mass is 10.2. The largest absolute Gasteiger partial charge is 0.496 e. The van der Waals surface area contributed by atoms with Gasteiger partial charge in [0.25, 0.3) is 5.91 Å². The van der Waals surface area contributed by atoms with Gasteiger partial charge in [0, 0.05) is 24.7 Å². The number of amides is 1. The molecule has 3 aromatic rings. The molecule has 0 atom stereocenters. The van der Waals surface area contributed by atoms with Crippen LogP contribution >= 0.6 is 0 Å². The fourth-order valence-electron chi connectivity index (χ4n) is 3.02. The highest BCUT2D eigenvalue weighted by atomic mass is 32.2. The van der Waals surface area contributed by atoms with Gasteiger partial charge < -0.3 is 18.8 Å².